The van der Waals surface area contributed by atoms with E-state index >= 15 is 0 Å². The SMILES string of the molecule is COC(=O)c1cc(S(=O)(=O)Nc2cc(Cl)ccc2C)c[nH]1. The Labute approximate surface area is 127 Å². The van der Waals surface area contributed by atoms with Gasteiger partial charge >= 0.3 is 5.97 Å². The van der Waals surface area contributed by atoms with E-state index in [9.17, 15) is 13.2 Å². The van der Waals surface area contributed by atoms with Gasteiger partial charge in [-0.05, 0) is 30.7 Å². The fourth-order valence-electron chi connectivity index (χ4n) is 1.67. The van der Waals surface area contributed by atoms with Crippen molar-refractivity contribution in [1.29, 1.82) is 0 Å². The van der Waals surface area contributed by atoms with E-state index in [0.29, 0.717) is 10.7 Å². The predicted molar refractivity (Wildman–Crippen MR) is 79.1 cm³/mol. The number of methoxy groups -OCH3 is 1. The summed E-state index contributed by atoms with van der Waals surface area (Å²) in [6.07, 6.45) is 1.22. The number of carbonyl (C=O) groups excluding carboxylic acids is 1. The van der Waals surface area contributed by atoms with Crippen molar-refractivity contribution in [3.63, 3.8) is 0 Å². The van der Waals surface area contributed by atoms with E-state index in [-0.39, 0.29) is 10.6 Å². The smallest absolute Gasteiger partial charge is 0.354 e. The monoisotopic (exact) mass is 328 g/mol. The molecule has 0 radical (unpaired) electrons. The fraction of sp³-hybridized carbons (Fsp3) is 0.154. The Morgan fingerprint density at radius 1 is 1.33 bits per heavy atom. The number of H-pyrrole nitrogens is 1. The second-order valence-corrected chi connectivity index (χ2v) is 6.42. The number of aryl methyl sites for hydroxylation is 1. The van der Waals surface area contributed by atoms with Gasteiger partial charge in [0, 0.05) is 11.2 Å². The first-order chi connectivity index (χ1) is 9.83. The maximum Gasteiger partial charge on any atom is 0.354 e. The largest absolute Gasteiger partial charge is 0.464 e. The number of benzene rings is 1. The minimum atomic E-state index is -3.82. The number of hydrogen-bond acceptors (Lipinski definition) is 4. The Kier molecular flexibility index (Phi) is 4.24. The van der Waals surface area contributed by atoms with Crippen molar-refractivity contribution in [2.24, 2.45) is 0 Å². The minimum absolute atomic E-state index is 0.0562. The summed E-state index contributed by atoms with van der Waals surface area (Å²) >= 11 is 5.85. The van der Waals surface area contributed by atoms with Crippen LogP contribution in [0.5, 0.6) is 0 Å². The number of anilines is 1. The average Bonchev–Trinajstić information content (AvgIpc) is 2.92. The summed E-state index contributed by atoms with van der Waals surface area (Å²) in [6, 6.07) is 6.09. The molecule has 8 heteroatoms. The number of halogens is 1. The highest BCUT2D eigenvalue weighted by Gasteiger charge is 2.19. The van der Waals surface area contributed by atoms with E-state index < -0.39 is 16.0 Å². The number of aromatic amines is 1. The minimum Gasteiger partial charge on any atom is -0.464 e. The summed E-state index contributed by atoms with van der Waals surface area (Å²) in [5.41, 5.74) is 1.16. The average molecular weight is 329 g/mol. The molecule has 1 aromatic carbocycles. The summed E-state index contributed by atoms with van der Waals surface area (Å²) in [7, 11) is -2.61. The van der Waals surface area contributed by atoms with Gasteiger partial charge in [0.1, 0.15) is 10.6 Å². The predicted octanol–water partition coefficient (Wildman–Crippen LogP) is 2.56. The number of ether oxygens (including phenoxy) is 1. The van der Waals surface area contributed by atoms with Gasteiger partial charge in [0.15, 0.2) is 0 Å². The molecule has 0 aliphatic heterocycles. The maximum atomic E-state index is 12.3. The van der Waals surface area contributed by atoms with Crippen LogP contribution in [0.4, 0.5) is 5.69 Å². The van der Waals surface area contributed by atoms with Crippen molar-refractivity contribution in [3.05, 3.63) is 46.7 Å². The zero-order chi connectivity index (χ0) is 15.6. The van der Waals surface area contributed by atoms with Gasteiger partial charge in [-0.3, -0.25) is 4.72 Å². The van der Waals surface area contributed by atoms with Gasteiger partial charge in [-0.25, -0.2) is 13.2 Å². The molecule has 112 valence electrons. The summed E-state index contributed by atoms with van der Waals surface area (Å²) in [4.78, 5) is 13.8. The lowest BCUT2D eigenvalue weighted by Crippen LogP contribution is -2.13. The molecular weight excluding hydrogens is 316 g/mol. The molecule has 1 heterocycles. The van der Waals surface area contributed by atoms with Gasteiger partial charge in [0.25, 0.3) is 10.0 Å². The van der Waals surface area contributed by atoms with Crippen LogP contribution in [-0.4, -0.2) is 26.5 Å². The number of rotatable bonds is 4. The Balaban J connectivity index is 2.32. The molecule has 1 aromatic heterocycles. The van der Waals surface area contributed by atoms with Gasteiger partial charge in [-0.2, -0.15) is 0 Å². The van der Waals surface area contributed by atoms with Crippen LogP contribution in [0.1, 0.15) is 16.1 Å². The van der Waals surface area contributed by atoms with E-state index in [2.05, 4.69) is 14.4 Å². The number of sulfonamides is 1. The van der Waals surface area contributed by atoms with Gasteiger partial charge in [0.2, 0.25) is 0 Å². The molecule has 2 N–H and O–H groups in total. The Morgan fingerprint density at radius 2 is 2.05 bits per heavy atom. The number of esters is 1. The lowest BCUT2D eigenvalue weighted by atomic mass is 10.2. The van der Waals surface area contributed by atoms with E-state index in [1.807, 2.05) is 0 Å². The molecular formula is C13H13ClN2O4S. The van der Waals surface area contributed by atoms with Gasteiger partial charge in [-0.15, -0.1) is 0 Å². The number of nitrogens with one attached hydrogen (secondary N) is 2. The zero-order valence-corrected chi connectivity index (χ0v) is 12.9. The topological polar surface area (TPSA) is 88.3 Å². The van der Waals surface area contributed by atoms with E-state index in [0.717, 1.165) is 5.56 Å². The third-order valence-corrected chi connectivity index (χ3v) is 4.40. The van der Waals surface area contributed by atoms with E-state index in [1.54, 1.807) is 19.1 Å². The molecule has 21 heavy (non-hydrogen) atoms. The zero-order valence-electron chi connectivity index (χ0n) is 11.3. The molecule has 0 unspecified atom stereocenters. The highest BCUT2D eigenvalue weighted by Crippen LogP contribution is 2.23. The van der Waals surface area contributed by atoms with Gasteiger partial charge < -0.3 is 9.72 Å². The molecule has 0 aliphatic rings. The van der Waals surface area contributed by atoms with E-state index in [4.69, 9.17) is 11.6 Å². The third-order valence-electron chi connectivity index (χ3n) is 2.82. The van der Waals surface area contributed by atoms with Crippen molar-refractivity contribution in [2.45, 2.75) is 11.8 Å². The molecule has 0 amide bonds. The first-order valence-electron chi connectivity index (χ1n) is 5.89. The van der Waals surface area contributed by atoms with Crippen LogP contribution in [0, 0.1) is 6.92 Å². The summed E-state index contributed by atoms with van der Waals surface area (Å²) in [5, 5.41) is 0.419. The molecule has 0 spiro atoms. The summed E-state index contributed by atoms with van der Waals surface area (Å²) in [5.74, 6) is -0.643. The van der Waals surface area contributed by atoms with Crippen LogP contribution in [0.2, 0.25) is 5.02 Å². The van der Waals surface area contributed by atoms with Crippen molar-refractivity contribution in [3.8, 4) is 0 Å². The third kappa shape index (κ3) is 3.37. The Morgan fingerprint density at radius 3 is 2.71 bits per heavy atom. The second-order valence-electron chi connectivity index (χ2n) is 4.31. The molecule has 0 atom stereocenters. The normalized spacial score (nSPS) is 11.2. The van der Waals surface area contributed by atoms with Crippen LogP contribution >= 0.6 is 11.6 Å². The molecule has 0 fully saturated rings. The van der Waals surface area contributed by atoms with Crippen LogP contribution in [0.15, 0.2) is 35.4 Å². The summed E-state index contributed by atoms with van der Waals surface area (Å²) in [6.45, 7) is 1.76. The molecule has 0 aliphatic carbocycles. The molecule has 6 nitrogen and oxygen atoms in total. The highest BCUT2D eigenvalue weighted by atomic mass is 35.5. The van der Waals surface area contributed by atoms with Crippen LogP contribution in [0.25, 0.3) is 0 Å². The lowest BCUT2D eigenvalue weighted by molar-refractivity contribution is 0.0595. The first kappa shape index (κ1) is 15.4. The molecule has 2 aromatic rings. The Hall–Kier alpha value is -1.99. The van der Waals surface area contributed by atoms with Crippen LogP contribution < -0.4 is 4.72 Å². The van der Waals surface area contributed by atoms with E-state index in [1.165, 1.54) is 25.4 Å². The first-order valence-corrected chi connectivity index (χ1v) is 7.75. The molecule has 0 bridgehead atoms. The molecule has 0 saturated heterocycles. The van der Waals surface area contributed by atoms with Crippen LogP contribution in [-0.2, 0) is 14.8 Å². The quantitative estimate of drug-likeness (QED) is 0.844. The summed E-state index contributed by atoms with van der Waals surface area (Å²) < 4.78 is 31.5. The fourth-order valence-corrected chi connectivity index (χ4v) is 2.95. The number of aromatic nitrogens is 1. The van der Waals surface area contributed by atoms with Crippen molar-refractivity contribution < 1.29 is 17.9 Å². The second kappa shape index (κ2) is 5.79. The van der Waals surface area contributed by atoms with Gasteiger partial charge in [-0.1, -0.05) is 17.7 Å². The Bertz CT molecular complexity index is 783. The number of carbonyl (C=O) groups is 1. The maximum absolute atomic E-state index is 12.3. The van der Waals surface area contributed by atoms with Crippen molar-refractivity contribution in [2.75, 3.05) is 11.8 Å². The molecule has 2 rings (SSSR count). The standard InChI is InChI=1S/C13H13ClN2O4S/c1-8-3-4-9(14)5-11(8)16-21(18,19)10-6-12(15-7-10)13(17)20-2/h3-7,15-16H,1-2H3. The lowest BCUT2D eigenvalue weighted by Gasteiger charge is -2.09. The molecule has 0 saturated carbocycles. The highest BCUT2D eigenvalue weighted by molar-refractivity contribution is 7.92. The van der Waals surface area contributed by atoms with Gasteiger partial charge in [0.05, 0.1) is 12.8 Å². The van der Waals surface area contributed by atoms with Crippen molar-refractivity contribution in [1.82, 2.24) is 4.98 Å². The van der Waals surface area contributed by atoms with Crippen molar-refractivity contribution >= 4 is 33.3 Å². The number of hydrogen-bond donors (Lipinski definition) is 2. The van der Waals surface area contributed by atoms with Crippen LogP contribution in [0.3, 0.4) is 0 Å².